The fourth-order valence-electron chi connectivity index (χ4n) is 5.05. The molecule has 3 aromatic heterocycles. The normalized spacial score (nSPS) is 14.8. The number of nitrogens with one attached hydrogen (secondary N) is 2. The average molecular weight is 447 g/mol. The quantitative estimate of drug-likeness (QED) is 0.356. The second-order valence-corrected chi connectivity index (χ2v) is 9.24. The molecule has 0 unspecified atom stereocenters. The third-order valence-electron chi connectivity index (χ3n) is 7.23. The van der Waals surface area contributed by atoms with E-state index in [0.717, 1.165) is 44.5 Å². The number of hydrogen-bond acceptors (Lipinski definition) is 3. The number of hydrogen-bond donors (Lipinski definition) is 2. The molecule has 5 heteroatoms. The second-order valence-electron chi connectivity index (χ2n) is 9.24. The molecule has 1 aliphatic rings. The van der Waals surface area contributed by atoms with Crippen LogP contribution < -0.4 is 10.00 Å². The average Bonchev–Trinajstić information content (AvgIpc) is 3.30. The lowest BCUT2D eigenvalue weighted by atomic mass is 9.72. The van der Waals surface area contributed by atoms with Crippen LogP contribution in [-0.4, -0.2) is 22.1 Å². The fourth-order valence-corrected chi connectivity index (χ4v) is 5.05. The van der Waals surface area contributed by atoms with Crippen molar-refractivity contribution in [3.05, 3.63) is 90.9 Å². The van der Waals surface area contributed by atoms with Gasteiger partial charge in [-0.05, 0) is 49.6 Å². The van der Waals surface area contributed by atoms with Crippen molar-refractivity contribution in [1.29, 1.82) is 0 Å². The largest absolute Gasteiger partial charge is 0.310 e. The number of nitrogens with zero attached hydrogens (tertiary/aromatic N) is 3. The van der Waals surface area contributed by atoms with E-state index in [1.165, 1.54) is 24.8 Å². The molecule has 1 fully saturated rings. The zero-order valence-electron chi connectivity index (χ0n) is 19.5. The minimum atomic E-state index is 0.132. The van der Waals surface area contributed by atoms with Crippen LogP contribution in [0, 0.1) is 0 Å². The number of aryl methyl sites for hydroxylation is 1. The molecule has 0 bridgehead atoms. The molecule has 0 spiro atoms. The number of H-pyrrole nitrogens is 1. The van der Waals surface area contributed by atoms with Gasteiger partial charge < -0.3 is 5.32 Å². The third kappa shape index (κ3) is 3.49. The Balaban J connectivity index is 1.49. The molecule has 0 radical (unpaired) electrons. The molecule has 3 heterocycles. The summed E-state index contributed by atoms with van der Waals surface area (Å²) in [7, 11) is 4.04. The van der Waals surface area contributed by atoms with Gasteiger partial charge in [0.1, 0.15) is 0 Å². The highest BCUT2D eigenvalue weighted by Crippen LogP contribution is 2.42. The minimum Gasteiger partial charge on any atom is -0.310 e. The predicted octanol–water partition coefficient (Wildman–Crippen LogP) is 5.38. The van der Waals surface area contributed by atoms with E-state index in [1.54, 1.807) is 0 Å². The van der Waals surface area contributed by atoms with Crippen LogP contribution in [0.1, 0.15) is 24.8 Å². The van der Waals surface area contributed by atoms with E-state index in [2.05, 4.69) is 84.2 Å². The molecule has 6 rings (SSSR count). The molecular formula is C29H28N5+. The van der Waals surface area contributed by atoms with Gasteiger partial charge in [0.15, 0.2) is 7.05 Å². The van der Waals surface area contributed by atoms with Crippen LogP contribution in [0.4, 0.5) is 0 Å². The van der Waals surface area contributed by atoms with Crippen molar-refractivity contribution >= 4 is 10.9 Å². The Bertz CT molecular complexity index is 1460. The lowest BCUT2D eigenvalue weighted by Gasteiger charge is -2.42. The summed E-state index contributed by atoms with van der Waals surface area (Å²) in [6.45, 7) is 0. The molecule has 1 aliphatic carbocycles. The molecule has 0 aliphatic heterocycles. The summed E-state index contributed by atoms with van der Waals surface area (Å²) in [6, 6.07) is 23.9. The Labute approximate surface area is 199 Å². The van der Waals surface area contributed by atoms with Gasteiger partial charge in [0.2, 0.25) is 6.20 Å². The molecule has 2 N–H and O–H groups in total. The van der Waals surface area contributed by atoms with Crippen LogP contribution in [0.15, 0.2) is 85.3 Å². The molecule has 2 aromatic carbocycles. The van der Waals surface area contributed by atoms with E-state index in [9.17, 15) is 0 Å². The number of benzene rings is 2. The molecule has 1 saturated carbocycles. The van der Waals surface area contributed by atoms with Crippen LogP contribution >= 0.6 is 0 Å². The summed E-state index contributed by atoms with van der Waals surface area (Å²) in [5, 5.41) is 7.79. The van der Waals surface area contributed by atoms with E-state index < -0.39 is 0 Å². The molecule has 0 atom stereocenters. The Morgan fingerprint density at radius 3 is 2.38 bits per heavy atom. The van der Waals surface area contributed by atoms with Gasteiger partial charge in [-0.3, -0.25) is 4.98 Å². The van der Waals surface area contributed by atoms with Gasteiger partial charge in [-0.1, -0.05) is 54.6 Å². The van der Waals surface area contributed by atoms with E-state index in [4.69, 9.17) is 9.97 Å². The lowest BCUT2D eigenvalue weighted by Crippen LogP contribution is -2.45. The van der Waals surface area contributed by atoms with Crippen LogP contribution in [0.5, 0.6) is 0 Å². The maximum Gasteiger partial charge on any atom is 0.204 e. The molecule has 5 aromatic rings. The summed E-state index contributed by atoms with van der Waals surface area (Å²) >= 11 is 0. The third-order valence-corrected chi connectivity index (χ3v) is 7.23. The van der Waals surface area contributed by atoms with Crippen molar-refractivity contribution in [2.45, 2.75) is 24.8 Å². The number of pyridine rings is 2. The van der Waals surface area contributed by atoms with Gasteiger partial charge in [-0.15, -0.1) is 4.68 Å². The maximum atomic E-state index is 5.12. The Kier molecular flexibility index (Phi) is 5.00. The smallest absolute Gasteiger partial charge is 0.204 e. The second kappa shape index (κ2) is 8.19. The molecule has 5 nitrogen and oxygen atoms in total. The number of fused-ring (bicyclic) bond motifs is 1. The number of rotatable bonds is 5. The summed E-state index contributed by atoms with van der Waals surface area (Å²) in [4.78, 5) is 9.82. The monoisotopic (exact) mass is 446 g/mol. The van der Waals surface area contributed by atoms with E-state index >= 15 is 0 Å². The Morgan fingerprint density at radius 2 is 1.74 bits per heavy atom. The van der Waals surface area contributed by atoms with Crippen molar-refractivity contribution in [3.8, 4) is 33.6 Å². The highest BCUT2D eigenvalue weighted by molar-refractivity contribution is 5.92. The van der Waals surface area contributed by atoms with Crippen molar-refractivity contribution in [3.63, 3.8) is 0 Å². The first-order chi connectivity index (χ1) is 16.6. The van der Waals surface area contributed by atoms with E-state index in [1.807, 2.05) is 30.3 Å². The first kappa shape index (κ1) is 20.8. The highest BCUT2D eigenvalue weighted by Gasteiger charge is 2.36. The summed E-state index contributed by atoms with van der Waals surface area (Å²) in [6.07, 6.45) is 9.56. The fraction of sp³-hybridized carbons (Fsp3) is 0.207. The molecule has 0 amide bonds. The van der Waals surface area contributed by atoms with Gasteiger partial charge in [-0.2, -0.15) is 5.10 Å². The molecule has 34 heavy (non-hydrogen) atoms. The van der Waals surface area contributed by atoms with Crippen molar-refractivity contribution < 1.29 is 4.68 Å². The van der Waals surface area contributed by atoms with Gasteiger partial charge in [-0.25, -0.2) is 4.98 Å². The first-order valence-corrected chi connectivity index (χ1v) is 11.9. The SMILES string of the molecule is CNC1(c2ccc(-c3nc4cnc(-c5c[nH][n+](C)c5)cc4cc3-c3ccccc3)cc2)CCC1. The summed E-state index contributed by atoms with van der Waals surface area (Å²) in [5.41, 5.74) is 8.77. The van der Waals surface area contributed by atoms with Gasteiger partial charge >= 0.3 is 0 Å². The number of aromatic amines is 1. The Hall–Kier alpha value is -3.83. The van der Waals surface area contributed by atoms with Crippen molar-refractivity contribution in [2.75, 3.05) is 7.05 Å². The Morgan fingerprint density at radius 1 is 0.941 bits per heavy atom. The molecular weight excluding hydrogens is 418 g/mol. The van der Waals surface area contributed by atoms with Crippen LogP contribution in [0.3, 0.4) is 0 Å². The van der Waals surface area contributed by atoms with Gasteiger partial charge in [0.25, 0.3) is 0 Å². The lowest BCUT2D eigenvalue weighted by molar-refractivity contribution is -0.726. The number of aromatic nitrogens is 4. The van der Waals surface area contributed by atoms with Crippen LogP contribution in [-0.2, 0) is 12.6 Å². The summed E-state index contributed by atoms with van der Waals surface area (Å²) in [5.74, 6) is 0. The van der Waals surface area contributed by atoms with Crippen LogP contribution in [0.2, 0.25) is 0 Å². The van der Waals surface area contributed by atoms with Gasteiger partial charge in [0.05, 0.1) is 34.9 Å². The zero-order valence-corrected chi connectivity index (χ0v) is 19.5. The molecule has 168 valence electrons. The topological polar surface area (TPSA) is 57.5 Å². The van der Waals surface area contributed by atoms with E-state index in [-0.39, 0.29) is 5.54 Å². The standard InChI is InChI=1S/C29H27N5/c1-30-29(13-6-14-29)24-11-9-21(10-12-24)28-25(20-7-4-3-5-8-20)15-22-16-26(31-18-27(22)33-28)23-17-32-34(2)19-23/h3-5,7-12,15-19,30H,6,13-14H2,1-2H3/p+1. The van der Waals surface area contributed by atoms with E-state index in [0.29, 0.717) is 0 Å². The van der Waals surface area contributed by atoms with Crippen molar-refractivity contribution in [2.24, 2.45) is 7.05 Å². The highest BCUT2D eigenvalue weighted by atomic mass is 15.2. The summed E-state index contributed by atoms with van der Waals surface area (Å²) < 4.78 is 1.92. The van der Waals surface area contributed by atoms with Crippen molar-refractivity contribution in [1.82, 2.24) is 20.4 Å². The van der Waals surface area contributed by atoms with Crippen LogP contribution in [0.25, 0.3) is 44.5 Å². The molecule has 0 saturated heterocycles. The van der Waals surface area contributed by atoms with Gasteiger partial charge in [0, 0.05) is 22.1 Å². The minimum absolute atomic E-state index is 0.132. The predicted molar refractivity (Wildman–Crippen MR) is 136 cm³/mol. The maximum absolute atomic E-state index is 5.12. The first-order valence-electron chi connectivity index (χ1n) is 11.9. The zero-order chi connectivity index (χ0) is 23.1.